The lowest BCUT2D eigenvalue weighted by atomic mass is 9.92. The fraction of sp³-hybridized carbons (Fsp3) is 0.562. The molecular weight excluding hydrogens is 269 g/mol. The molecule has 0 spiro atoms. The van der Waals surface area contributed by atoms with E-state index in [1.54, 1.807) is 19.1 Å². The van der Waals surface area contributed by atoms with Crippen LogP contribution in [0.15, 0.2) is 24.3 Å². The molecule has 1 rings (SSSR count). The van der Waals surface area contributed by atoms with Gasteiger partial charge in [0.2, 0.25) is 5.91 Å². The second kappa shape index (κ2) is 8.10. The van der Waals surface area contributed by atoms with Gasteiger partial charge in [-0.25, -0.2) is 4.39 Å². The number of likely N-dealkylation sites (N-methyl/N-ethyl adjacent to an activating group) is 1. The molecule has 0 saturated carbocycles. The van der Waals surface area contributed by atoms with Crippen LogP contribution in [0.5, 0.6) is 0 Å². The topological polar surface area (TPSA) is 58.4 Å². The lowest BCUT2D eigenvalue weighted by Gasteiger charge is -2.29. The van der Waals surface area contributed by atoms with Crippen molar-refractivity contribution in [2.24, 2.45) is 5.73 Å². The highest BCUT2D eigenvalue weighted by Crippen LogP contribution is 2.14. The van der Waals surface area contributed by atoms with E-state index in [0.717, 1.165) is 25.2 Å². The molecule has 1 amide bonds. The Bertz CT molecular complexity index is 445. The van der Waals surface area contributed by atoms with Gasteiger partial charge in [0.1, 0.15) is 5.82 Å². The molecule has 1 atom stereocenters. The van der Waals surface area contributed by atoms with Crippen LogP contribution in [0.2, 0.25) is 0 Å². The number of amides is 1. The summed E-state index contributed by atoms with van der Waals surface area (Å²) in [5.74, 6) is -0.680. The molecule has 1 unspecified atom stereocenters. The number of nitrogens with zero attached hydrogens (tertiary/aromatic N) is 1. The monoisotopic (exact) mass is 295 g/mol. The van der Waals surface area contributed by atoms with E-state index in [1.807, 2.05) is 0 Å². The van der Waals surface area contributed by atoms with Crippen LogP contribution >= 0.6 is 0 Å². The van der Waals surface area contributed by atoms with Gasteiger partial charge >= 0.3 is 0 Å². The standard InChI is InChI=1S/C16H26FN3O/c1-4-20(5-2)11-10-19-16(3,15(18)21)12-13-6-8-14(17)9-7-13/h6-9,19H,4-5,10-12H2,1-3H3,(H2,18,21). The fourth-order valence-electron chi connectivity index (χ4n) is 2.28. The van der Waals surface area contributed by atoms with E-state index in [4.69, 9.17) is 5.73 Å². The van der Waals surface area contributed by atoms with Gasteiger partial charge in [0.25, 0.3) is 0 Å². The zero-order valence-corrected chi connectivity index (χ0v) is 13.2. The Morgan fingerprint density at radius 3 is 2.33 bits per heavy atom. The third-order valence-corrected chi connectivity index (χ3v) is 3.85. The van der Waals surface area contributed by atoms with Crippen LogP contribution in [-0.4, -0.2) is 42.5 Å². The first kappa shape index (κ1) is 17.6. The van der Waals surface area contributed by atoms with Crippen molar-refractivity contribution in [3.05, 3.63) is 35.6 Å². The molecule has 1 aromatic rings. The Balaban J connectivity index is 2.65. The number of benzene rings is 1. The van der Waals surface area contributed by atoms with Crippen LogP contribution < -0.4 is 11.1 Å². The van der Waals surface area contributed by atoms with Crippen molar-refractivity contribution in [3.8, 4) is 0 Å². The summed E-state index contributed by atoms with van der Waals surface area (Å²) in [6, 6.07) is 6.16. The Kier molecular flexibility index (Phi) is 6.78. The Labute approximate surface area is 126 Å². The highest BCUT2D eigenvalue weighted by molar-refractivity contribution is 5.84. The molecule has 0 aliphatic carbocycles. The molecule has 0 aliphatic rings. The van der Waals surface area contributed by atoms with Crippen molar-refractivity contribution in [1.29, 1.82) is 0 Å². The molecular formula is C16H26FN3O. The minimum atomic E-state index is -0.828. The molecule has 0 heterocycles. The second-order valence-electron chi connectivity index (χ2n) is 5.45. The molecule has 0 fully saturated rings. The summed E-state index contributed by atoms with van der Waals surface area (Å²) in [5, 5.41) is 3.25. The molecule has 21 heavy (non-hydrogen) atoms. The predicted octanol–water partition coefficient (Wildman–Crippen LogP) is 1.54. The third kappa shape index (κ3) is 5.44. The van der Waals surface area contributed by atoms with Crippen LogP contribution in [0, 0.1) is 5.82 Å². The maximum Gasteiger partial charge on any atom is 0.237 e. The van der Waals surface area contributed by atoms with E-state index in [1.165, 1.54) is 12.1 Å². The third-order valence-electron chi connectivity index (χ3n) is 3.85. The SMILES string of the molecule is CCN(CC)CCNC(C)(Cc1ccc(F)cc1)C(N)=O. The van der Waals surface area contributed by atoms with Gasteiger partial charge < -0.3 is 16.0 Å². The van der Waals surface area contributed by atoms with Crippen molar-refractivity contribution in [2.75, 3.05) is 26.2 Å². The summed E-state index contributed by atoms with van der Waals surface area (Å²) < 4.78 is 12.9. The Morgan fingerprint density at radius 1 is 1.29 bits per heavy atom. The minimum Gasteiger partial charge on any atom is -0.368 e. The summed E-state index contributed by atoms with van der Waals surface area (Å²) in [7, 11) is 0. The van der Waals surface area contributed by atoms with Gasteiger partial charge in [-0.15, -0.1) is 0 Å². The lowest BCUT2D eigenvalue weighted by Crippen LogP contribution is -2.56. The zero-order valence-electron chi connectivity index (χ0n) is 13.2. The van der Waals surface area contributed by atoms with Crippen LogP contribution in [0.3, 0.4) is 0 Å². The van der Waals surface area contributed by atoms with Crippen molar-refractivity contribution in [1.82, 2.24) is 10.2 Å². The molecule has 118 valence electrons. The molecule has 5 heteroatoms. The number of hydrogen-bond donors (Lipinski definition) is 2. The molecule has 3 N–H and O–H groups in total. The highest BCUT2D eigenvalue weighted by Gasteiger charge is 2.30. The number of rotatable bonds is 9. The molecule has 4 nitrogen and oxygen atoms in total. The number of nitrogens with two attached hydrogens (primary N) is 1. The number of carbonyl (C=O) groups is 1. The van der Waals surface area contributed by atoms with Gasteiger partial charge in [-0.2, -0.15) is 0 Å². The Hall–Kier alpha value is -1.46. The van der Waals surface area contributed by atoms with E-state index >= 15 is 0 Å². The smallest absolute Gasteiger partial charge is 0.237 e. The van der Waals surface area contributed by atoms with E-state index in [0.29, 0.717) is 13.0 Å². The van der Waals surface area contributed by atoms with Crippen LogP contribution in [-0.2, 0) is 11.2 Å². The summed E-state index contributed by atoms with van der Waals surface area (Å²) in [4.78, 5) is 14.0. The van der Waals surface area contributed by atoms with E-state index < -0.39 is 11.4 Å². The van der Waals surface area contributed by atoms with Crippen molar-refractivity contribution >= 4 is 5.91 Å². The summed E-state index contributed by atoms with van der Waals surface area (Å²) in [5.41, 5.74) is 5.60. The molecule has 1 aromatic carbocycles. The van der Waals surface area contributed by atoms with Gasteiger partial charge in [-0.3, -0.25) is 4.79 Å². The largest absolute Gasteiger partial charge is 0.368 e. The highest BCUT2D eigenvalue weighted by atomic mass is 19.1. The van der Waals surface area contributed by atoms with Crippen molar-refractivity contribution in [3.63, 3.8) is 0 Å². The first-order chi connectivity index (χ1) is 9.91. The first-order valence-corrected chi connectivity index (χ1v) is 7.43. The summed E-state index contributed by atoms with van der Waals surface area (Å²) in [6.07, 6.45) is 0.445. The maximum absolute atomic E-state index is 12.9. The Morgan fingerprint density at radius 2 is 1.86 bits per heavy atom. The van der Waals surface area contributed by atoms with E-state index in [2.05, 4.69) is 24.1 Å². The summed E-state index contributed by atoms with van der Waals surface area (Å²) >= 11 is 0. The minimum absolute atomic E-state index is 0.283. The number of carbonyl (C=O) groups excluding carboxylic acids is 1. The van der Waals surface area contributed by atoms with E-state index in [-0.39, 0.29) is 5.82 Å². The average Bonchev–Trinajstić information content (AvgIpc) is 2.46. The number of halogens is 1. The van der Waals surface area contributed by atoms with Crippen molar-refractivity contribution < 1.29 is 9.18 Å². The normalized spacial score (nSPS) is 14.1. The predicted molar refractivity (Wildman–Crippen MR) is 83.5 cm³/mol. The fourth-order valence-corrected chi connectivity index (χ4v) is 2.28. The molecule has 0 aromatic heterocycles. The van der Waals surface area contributed by atoms with Crippen LogP contribution in [0.25, 0.3) is 0 Å². The summed E-state index contributed by atoms with van der Waals surface area (Å²) in [6.45, 7) is 9.50. The van der Waals surface area contributed by atoms with Gasteiger partial charge in [0.15, 0.2) is 0 Å². The van der Waals surface area contributed by atoms with Gasteiger partial charge in [-0.05, 0) is 44.1 Å². The number of hydrogen-bond acceptors (Lipinski definition) is 3. The van der Waals surface area contributed by atoms with Gasteiger partial charge in [-0.1, -0.05) is 26.0 Å². The lowest BCUT2D eigenvalue weighted by molar-refractivity contribution is -0.123. The molecule has 0 radical (unpaired) electrons. The first-order valence-electron chi connectivity index (χ1n) is 7.43. The van der Waals surface area contributed by atoms with Gasteiger partial charge in [0, 0.05) is 13.1 Å². The quantitative estimate of drug-likeness (QED) is 0.726. The maximum atomic E-state index is 12.9. The molecule has 0 aliphatic heterocycles. The average molecular weight is 295 g/mol. The van der Waals surface area contributed by atoms with Gasteiger partial charge in [0.05, 0.1) is 5.54 Å². The van der Waals surface area contributed by atoms with Crippen LogP contribution in [0.1, 0.15) is 26.3 Å². The molecule has 0 saturated heterocycles. The number of primary amides is 1. The zero-order chi connectivity index (χ0) is 15.9. The van der Waals surface area contributed by atoms with Crippen molar-refractivity contribution in [2.45, 2.75) is 32.7 Å². The number of nitrogens with one attached hydrogen (secondary N) is 1. The van der Waals surface area contributed by atoms with Crippen LogP contribution in [0.4, 0.5) is 4.39 Å². The molecule has 0 bridgehead atoms. The second-order valence-corrected chi connectivity index (χ2v) is 5.45. The van der Waals surface area contributed by atoms with E-state index in [9.17, 15) is 9.18 Å².